The molecule has 23 heavy (non-hydrogen) atoms. The van der Waals surface area contributed by atoms with Gasteiger partial charge in [-0.05, 0) is 65.7 Å². The first-order chi connectivity index (χ1) is 10.9. The maximum Gasteiger partial charge on any atom is 0.221 e. The third-order valence-corrected chi connectivity index (χ3v) is 5.82. The summed E-state index contributed by atoms with van der Waals surface area (Å²) in [5.74, 6) is 0.0581. The molecule has 0 fully saturated rings. The van der Waals surface area contributed by atoms with Crippen LogP contribution >= 0.6 is 38.5 Å². The maximum atomic E-state index is 11.9. The number of amides is 1. The minimum atomic E-state index is 0.0581. The number of rotatable bonds is 7. The van der Waals surface area contributed by atoms with Crippen molar-refractivity contribution >= 4 is 44.4 Å². The lowest BCUT2D eigenvalue weighted by atomic mass is 10.3. The van der Waals surface area contributed by atoms with Crippen molar-refractivity contribution in [1.29, 1.82) is 0 Å². The van der Waals surface area contributed by atoms with Crippen LogP contribution in [-0.2, 0) is 17.9 Å². The lowest BCUT2D eigenvalue weighted by Crippen LogP contribution is -2.26. The van der Waals surface area contributed by atoms with E-state index in [4.69, 9.17) is 0 Å². The molecule has 1 N–H and O–H groups in total. The molecule has 0 saturated carbocycles. The Kier molecular flexibility index (Phi) is 6.63. The SMILES string of the molecule is Cc1nn(CCC(=O)NCCCn2nc(C)c(Br)c2C)cc1I. The molecule has 0 spiro atoms. The number of aryl methyl sites for hydroxylation is 4. The zero-order valence-electron chi connectivity index (χ0n) is 13.6. The molecule has 2 heterocycles. The normalized spacial score (nSPS) is 11.0. The molecule has 2 rings (SSSR count). The van der Waals surface area contributed by atoms with Crippen LogP contribution in [0.4, 0.5) is 0 Å². The number of aromatic nitrogens is 4. The van der Waals surface area contributed by atoms with Crippen molar-refractivity contribution in [2.75, 3.05) is 6.54 Å². The first-order valence-electron chi connectivity index (χ1n) is 7.54. The highest BCUT2D eigenvalue weighted by molar-refractivity contribution is 14.1. The van der Waals surface area contributed by atoms with E-state index in [0.29, 0.717) is 19.5 Å². The van der Waals surface area contributed by atoms with Gasteiger partial charge >= 0.3 is 0 Å². The van der Waals surface area contributed by atoms with Gasteiger partial charge in [0.05, 0.1) is 19.4 Å². The van der Waals surface area contributed by atoms with E-state index < -0.39 is 0 Å². The van der Waals surface area contributed by atoms with E-state index in [9.17, 15) is 4.79 Å². The van der Waals surface area contributed by atoms with Crippen LogP contribution in [-0.4, -0.2) is 32.0 Å². The summed E-state index contributed by atoms with van der Waals surface area (Å²) >= 11 is 5.77. The highest BCUT2D eigenvalue weighted by Gasteiger charge is 2.08. The second-order valence-corrected chi connectivity index (χ2v) is 7.44. The summed E-state index contributed by atoms with van der Waals surface area (Å²) in [5.41, 5.74) is 3.12. The fourth-order valence-corrected chi connectivity index (χ4v) is 2.98. The predicted molar refractivity (Wildman–Crippen MR) is 101 cm³/mol. The van der Waals surface area contributed by atoms with Crippen LogP contribution in [0.2, 0.25) is 0 Å². The molecule has 0 radical (unpaired) electrons. The lowest BCUT2D eigenvalue weighted by Gasteiger charge is -2.07. The van der Waals surface area contributed by atoms with Gasteiger partial charge in [-0.15, -0.1) is 0 Å². The van der Waals surface area contributed by atoms with Gasteiger partial charge in [0, 0.05) is 37.9 Å². The predicted octanol–water partition coefficient (Wildman–Crippen LogP) is 2.97. The van der Waals surface area contributed by atoms with Crippen molar-refractivity contribution in [3.63, 3.8) is 0 Å². The highest BCUT2D eigenvalue weighted by atomic mass is 127. The topological polar surface area (TPSA) is 64.7 Å². The fraction of sp³-hybridized carbons (Fsp3) is 0.533. The minimum absolute atomic E-state index is 0.0581. The van der Waals surface area contributed by atoms with Gasteiger partial charge in [-0.25, -0.2) is 0 Å². The number of hydrogen-bond acceptors (Lipinski definition) is 3. The van der Waals surface area contributed by atoms with E-state index in [1.54, 1.807) is 0 Å². The van der Waals surface area contributed by atoms with E-state index >= 15 is 0 Å². The number of nitrogens with one attached hydrogen (secondary N) is 1. The van der Waals surface area contributed by atoms with Crippen LogP contribution in [0.1, 0.15) is 29.9 Å². The van der Waals surface area contributed by atoms with Crippen LogP contribution in [0, 0.1) is 24.3 Å². The van der Waals surface area contributed by atoms with Crippen molar-refractivity contribution in [2.45, 2.75) is 46.7 Å². The molecular formula is C15H21BrIN5O. The monoisotopic (exact) mass is 493 g/mol. The molecule has 0 aliphatic rings. The van der Waals surface area contributed by atoms with Gasteiger partial charge < -0.3 is 5.32 Å². The molecule has 0 atom stereocenters. The minimum Gasteiger partial charge on any atom is -0.356 e. The summed E-state index contributed by atoms with van der Waals surface area (Å²) in [5, 5.41) is 11.8. The van der Waals surface area contributed by atoms with Gasteiger partial charge in [0.25, 0.3) is 0 Å². The summed E-state index contributed by atoms with van der Waals surface area (Å²) in [6, 6.07) is 0. The molecule has 0 aromatic carbocycles. The molecule has 2 aromatic rings. The first-order valence-corrected chi connectivity index (χ1v) is 9.41. The average Bonchev–Trinajstić information content (AvgIpc) is 2.96. The Bertz CT molecular complexity index is 675. The van der Waals surface area contributed by atoms with Gasteiger partial charge in [0.2, 0.25) is 5.91 Å². The molecule has 126 valence electrons. The van der Waals surface area contributed by atoms with Gasteiger partial charge in [0.15, 0.2) is 0 Å². The Morgan fingerprint density at radius 3 is 2.57 bits per heavy atom. The summed E-state index contributed by atoms with van der Waals surface area (Å²) in [6.07, 6.45) is 3.27. The van der Waals surface area contributed by atoms with Gasteiger partial charge in [-0.2, -0.15) is 10.2 Å². The Balaban J connectivity index is 1.67. The molecule has 8 heteroatoms. The Morgan fingerprint density at radius 2 is 2.00 bits per heavy atom. The summed E-state index contributed by atoms with van der Waals surface area (Å²) < 4.78 is 5.98. The van der Waals surface area contributed by atoms with E-state index in [0.717, 1.165) is 38.1 Å². The third-order valence-electron chi connectivity index (χ3n) is 3.62. The van der Waals surface area contributed by atoms with Gasteiger partial charge in [0.1, 0.15) is 0 Å². The Labute approximate surface area is 158 Å². The molecule has 1 amide bonds. The van der Waals surface area contributed by atoms with E-state index in [1.807, 2.05) is 36.3 Å². The molecule has 0 aliphatic heterocycles. The van der Waals surface area contributed by atoms with Gasteiger partial charge in [-0.1, -0.05) is 0 Å². The zero-order chi connectivity index (χ0) is 17.0. The quantitative estimate of drug-likeness (QED) is 0.476. The first kappa shape index (κ1) is 18.4. The smallest absolute Gasteiger partial charge is 0.221 e. The van der Waals surface area contributed by atoms with Crippen LogP contribution in [0.15, 0.2) is 10.7 Å². The van der Waals surface area contributed by atoms with Crippen molar-refractivity contribution in [2.24, 2.45) is 0 Å². The molecular weight excluding hydrogens is 473 g/mol. The van der Waals surface area contributed by atoms with E-state index in [-0.39, 0.29) is 5.91 Å². The molecule has 0 unspecified atom stereocenters. The third kappa shape index (κ3) is 5.03. The maximum absolute atomic E-state index is 11.9. The van der Waals surface area contributed by atoms with Crippen molar-refractivity contribution in [1.82, 2.24) is 24.9 Å². The number of halogens is 2. The second kappa shape index (κ2) is 8.27. The largest absolute Gasteiger partial charge is 0.356 e. The Hall–Kier alpha value is -0.900. The molecule has 0 aliphatic carbocycles. The van der Waals surface area contributed by atoms with Crippen LogP contribution in [0.25, 0.3) is 0 Å². The van der Waals surface area contributed by atoms with Gasteiger partial charge in [-0.3, -0.25) is 14.2 Å². The molecule has 0 saturated heterocycles. The summed E-state index contributed by atoms with van der Waals surface area (Å²) in [6.45, 7) is 8.05. The molecule has 6 nitrogen and oxygen atoms in total. The standard InChI is InChI=1S/C15H21BrIN5O/c1-10-13(17)9-21(19-10)8-5-14(23)18-6-4-7-22-12(3)15(16)11(2)20-22/h9H,4-8H2,1-3H3,(H,18,23). The van der Waals surface area contributed by atoms with Crippen molar-refractivity contribution < 1.29 is 4.79 Å². The fourth-order valence-electron chi connectivity index (χ4n) is 2.26. The second-order valence-electron chi connectivity index (χ2n) is 5.49. The van der Waals surface area contributed by atoms with E-state index in [2.05, 4.69) is 54.0 Å². The average molecular weight is 494 g/mol. The van der Waals surface area contributed by atoms with Crippen molar-refractivity contribution in [3.8, 4) is 0 Å². The number of carbonyl (C=O) groups is 1. The number of carbonyl (C=O) groups excluding carboxylic acids is 1. The summed E-state index contributed by atoms with van der Waals surface area (Å²) in [4.78, 5) is 11.9. The highest BCUT2D eigenvalue weighted by Crippen LogP contribution is 2.19. The van der Waals surface area contributed by atoms with E-state index in [1.165, 1.54) is 0 Å². The van der Waals surface area contributed by atoms with Crippen LogP contribution < -0.4 is 5.32 Å². The summed E-state index contributed by atoms with van der Waals surface area (Å²) in [7, 11) is 0. The lowest BCUT2D eigenvalue weighted by molar-refractivity contribution is -0.121. The number of hydrogen-bond donors (Lipinski definition) is 1. The zero-order valence-corrected chi connectivity index (χ0v) is 17.3. The van der Waals surface area contributed by atoms with Crippen LogP contribution in [0.5, 0.6) is 0 Å². The van der Waals surface area contributed by atoms with Crippen molar-refractivity contribution in [3.05, 3.63) is 31.3 Å². The number of nitrogens with zero attached hydrogens (tertiary/aromatic N) is 4. The van der Waals surface area contributed by atoms with Crippen LogP contribution in [0.3, 0.4) is 0 Å². The Morgan fingerprint density at radius 1 is 1.26 bits per heavy atom. The molecule has 0 bridgehead atoms. The molecule has 2 aromatic heterocycles.